The molecule has 0 aromatic carbocycles. The fraction of sp³-hybridized carbons (Fsp3) is 0.550. The van der Waals surface area contributed by atoms with E-state index in [1.807, 2.05) is 6.07 Å². The summed E-state index contributed by atoms with van der Waals surface area (Å²) >= 11 is 0. The number of aromatic nitrogens is 1. The van der Waals surface area contributed by atoms with E-state index in [9.17, 15) is 0 Å². The molecule has 0 amide bonds. The van der Waals surface area contributed by atoms with Gasteiger partial charge in [0.2, 0.25) is 0 Å². The maximum atomic E-state index is 6.00. The van der Waals surface area contributed by atoms with E-state index < -0.39 is 0 Å². The monoisotopic (exact) mass is 341 g/mol. The molecular weight excluding hydrogens is 314 g/mol. The lowest BCUT2D eigenvalue weighted by atomic mass is 9.87. The zero-order chi connectivity index (χ0) is 17.1. The zero-order valence-corrected chi connectivity index (χ0v) is 15.0. The first-order chi connectivity index (χ1) is 12.2. The average Bonchev–Trinajstić information content (AvgIpc) is 3.18. The van der Waals surface area contributed by atoms with Crippen LogP contribution in [0.4, 0.5) is 0 Å². The minimum atomic E-state index is 0.229. The van der Waals surface area contributed by atoms with Gasteiger partial charge in [0.1, 0.15) is 5.76 Å². The number of nitrogens with zero attached hydrogens (tertiary/aromatic N) is 3. The van der Waals surface area contributed by atoms with Crippen LogP contribution in [0, 0.1) is 12.3 Å². The molecule has 0 radical (unpaired) electrons. The molecule has 0 aliphatic carbocycles. The van der Waals surface area contributed by atoms with Crippen molar-refractivity contribution in [3.63, 3.8) is 0 Å². The van der Waals surface area contributed by atoms with Crippen molar-refractivity contribution < 1.29 is 9.15 Å². The van der Waals surface area contributed by atoms with E-state index in [0.717, 1.165) is 69.6 Å². The Morgan fingerprint density at radius 2 is 1.96 bits per heavy atom. The van der Waals surface area contributed by atoms with Crippen LogP contribution >= 0.6 is 0 Å². The highest BCUT2D eigenvalue weighted by Gasteiger charge is 2.41. The minimum Gasteiger partial charge on any atom is -0.468 e. The zero-order valence-electron chi connectivity index (χ0n) is 15.0. The summed E-state index contributed by atoms with van der Waals surface area (Å²) in [5, 5.41) is 0. The van der Waals surface area contributed by atoms with E-state index in [1.165, 1.54) is 6.42 Å². The molecule has 0 bridgehead atoms. The SMILES string of the molecule is Cc1cccc(CN2CCOC[C@]3(CCN(Cc4ccco4)C3)C2)n1. The van der Waals surface area contributed by atoms with E-state index in [4.69, 9.17) is 9.15 Å². The molecule has 2 aromatic rings. The summed E-state index contributed by atoms with van der Waals surface area (Å²) in [4.78, 5) is 9.69. The lowest BCUT2D eigenvalue weighted by Crippen LogP contribution is -2.40. The van der Waals surface area contributed by atoms with Crippen LogP contribution in [0.1, 0.15) is 23.6 Å². The van der Waals surface area contributed by atoms with E-state index >= 15 is 0 Å². The van der Waals surface area contributed by atoms with Crippen LogP contribution in [-0.4, -0.2) is 54.2 Å². The highest BCUT2D eigenvalue weighted by Crippen LogP contribution is 2.34. The van der Waals surface area contributed by atoms with Crippen LogP contribution in [0.15, 0.2) is 41.0 Å². The van der Waals surface area contributed by atoms with Crippen LogP contribution in [0.5, 0.6) is 0 Å². The first-order valence-electron chi connectivity index (χ1n) is 9.18. The smallest absolute Gasteiger partial charge is 0.117 e. The standard InChI is InChI=1S/C20H27N3O2/c1-17-4-2-5-18(21-17)12-23-9-11-24-16-20(15-23)7-8-22(14-20)13-19-6-3-10-25-19/h2-6,10H,7-9,11-16H2,1H3/t20-/m0/s1. The summed E-state index contributed by atoms with van der Waals surface area (Å²) in [6.45, 7) is 9.78. The Morgan fingerprint density at radius 3 is 2.76 bits per heavy atom. The highest BCUT2D eigenvalue weighted by atomic mass is 16.5. The van der Waals surface area contributed by atoms with Crippen molar-refractivity contribution >= 4 is 0 Å². The van der Waals surface area contributed by atoms with Gasteiger partial charge in [-0.25, -0.2) is 0 Å². The molecule has 25 heavy (non-hydrogen) atoms. The lowest BCUT2D eigenvalue weighted by molar-refractivity contribution is 0.0700. The first kappa shape index (κ1) is 16.8. The number of aryl methyl sites for hydroxylation is 1. The fourth-order valence-electron chi connectivity index (χ4n) is 4.17. The number of hydrogen-bond acceptors (Lipinski definition) is 5. The maximum absolute atomic E-state index is 6.00. The molecule has 4 rings (SSSR count). The lowest BCUT2D eigenvalue weighted by Gasteiger charge is -2.31. The van der Waals surface area contributed by atoms with Crippen molar-refractivity contribution in [2.45, 2.75) is 26.4 Å². The van der Waals surface area contributed by atoms with Gasteiger partial charge in [0.25, 0.3) is 0 Å². The summed E-state index contributed by atoms with van der Waals surface area (Å²) in [6, 6.07) is 10.3. The average molecular weight is 341 g/mol. The second kappa shape index (κ2) is 7.28. The molecule has 2 aliphatic heterocycles. The van der Waals surface area contributed by atoms with Gasteiger partial charge in [-0.3, -0.25) is 14.8 Å². The molecule has 1 atom stereocenters. The number of hydrogen-bond donors (Lipinski definition) is 0. The predicted octanol–water partition coefficient (Wildman–Crippen LogP) is 2.71. The van der Waals surface area contributed by atoms with E-state index in [1.54, 1.807) is 6.26 Å². The Morgan fingerprint density at radius 1 is 1.08 bits per heavy atom. The van der Waals surface area contributed by atoms with Crippen LogP contribution in [-0.2, 0) is 17.8 Å². The number of furan rings is 1. The number of pyridine rings is 1. The molecule has 0 unspecified atom stereocenters. The quantitative estimate of drug-likeness (QED) is 0.855. The van der Waals surface area contributed by atoms with Crippen molar-refractivity contribution in [2.75, 3.05) is 39.4 Å². The Kier molecular flexibility index (Phi) is 4.88. The third-order valence-electron chi connectivity index (χ3n) is 5.33. The van der Waals surface area contributed by atoms with Gasteiger partial charge in [0.05, 0.1) is 31.7 Å². The van der Waals surface area contributed by atoms with Gasteiger partial charge in [-0.2, -0.15) is 0 Å². The molecule has 5 heteroatoms. The van der Waals surface area contributed by atoms with Crippen molar-refractivity contribution in [2.24, 2.45) is 5.41 Å². The van der Waals surface area contributed by atoms with Crippen LogP contribution in [0.2, 0.25) is 0 Å². The molecule has 2 fully saturated rings. The summed E-state index contributed by atoms with van der Waals surface area (Å²) in [5.74, 6) is 1.05. The Hall–Kier alpha value is -1.69. The molecule has 2 saturated heterocycles. The van der Waals surface area contributed by atoms with Gasteiger partial charge < -0.3 is 9.15 Å². The molecule has 2 aromatic heterocycles. The van der Waals surface area contributed by atoms with Gasteiger partial charge >= 0.3 is 0 Å². The third-order valence-corrected chi connectivity index (χ3v) is 5.33. The molecule has 134 valence electrons. The molecule has 4 heterocycles. The number of likely N-dealkylation sites (tertiary alicyclic amines) is 1. The van der Waals surface area contributed by atoms with Crippen molar-refractivity contribution in [1.29, 1.82) is 0 Å². The van der Waals surface area contributed by atoms with Crippen LogP contribution in [0.3, 0.4) is 0 Å². The topological polar surface area (TPSA) is 41.7 Å². The number of ether oxygens (including phenoxy) is 1. The predicted molar refractivity (Wildman–Crippen MR) is 96.1 cm³/mol. The maximum Gasteiger partial charge on any atom is 0.117 e. The van der Waals surface area contributed by atoms with Gasteiger partial charge in [-0.05, 0) is 44.2 Å². The Bertz CT molecular complexity index is 688. The van der Waals surface area contributed by atoms with Gasteiger partial charge in [-0.15, -0.1) is 0 Å². The van der Waals surface area contributed by atoms with Crippen LogP contribution in [0.25, 0.3) is 0 Å². The highest BCUT2D eigenvalue weighted by molar-refractivity contribution is 5.10. The van der Waals surface area contributed by atoms with Crippen molar-refractivity contribution in [3.8, 4) is 0 Å². The Labute approximate surface area is 149 Å². The van der Waals surface area contributed by atoms with E-state index in [2.05, 4.69) is 46.0 Å². The molecule has 0 N–H and O–H groups in total. The molecule has 2 aliphatic rings. The fourth-order valence-corrected chi connectivity index (χ4v) is 4.17. The van der Waals surface area contributed by atoms with E-state index in [0.29, 0.717) is 0 Å². The minimum absolute atomic E-state index is 0.229. The normalized spacial score (nSPS) is 25.5. The summed E-state index contributed by atoms with van der Waals surface area (Å²) in [5.41, 5.74) is 2.47. The van der Waals surface area contributed by atoms with Gasteiger partial charge in [0, 0.05) is 37.3 Å². The summed E-state index contributed by atoms with van der Waals surface area (Å²) < 4.78 is 11.5. The Balaban J connectivity index is 1.41. The second-order valence-corrected chi connectivity index (χ2v) is 7.57. The van der Waals surface area contributed by atoms with Crippen molar-refractivity contribution in [3.05, 3.63) is 53.7 Å². The molecule has 1 spiro atoms. The van der Waals surface area contributed by atoms with Gasteiger partial charge in [-0.1, -0.05) is 6.07 Å². The van der Waals surface area contributed by atoms with Crippen LogP contribution < -0.4 is 0 Å². The van der Waals surface area contributed by atoms with E-state index in [-0.39, 0.29) is 5.41 Å². The first-order valence-corrected chi connectivity index (χ1v) is 9.18. The third kappa shape index (κ3) is 4.11. The van der Waals surface area contributed by atoms with Gasteiger partial charge in [0.15, 0.2) is 0 Å². The molecule has 5 nitrogen and oxygen atoms in total. The molecule has 0 saturated carbocycles. The molecular formula is C20H27N3O2. The summed E-state index contributed by atoms with van der Waals surface area (Å²) in [7, 11) is 0. The largest absolute Gasteiger partial charge is 0.468 e. The summed E-state index contributed by atoms with van der Waals surface area (Å²) in [6.07, 6.45) is 2.94. The number of rotatable bonds is 4. The second-order valence-electron chi connectivity index (χ2n) is 7.57. The van der Waals surface area contributed by atoms with Crippen molar-refractivity contribution in [1.82, 2.24) is 14.8 Å².